The predicted octanol–water partition coefficient (Wildman–Crippen LogP) is 5.91. The van der Waals surface area contributed by atoms with Gasteiger partial charge in [-0.3, -0.25) is 0 Å². The van der Waals surface area contributed by atoms with E-state index in [0.29, 0.717) is 11.3 Å². The number of rotatable bonds is 6. The van der Waals surface area contributed by atoms with E-state index in [2.05, 4.69) is 65.8 Å². The van der Waals surface area contributed by atoms with E-state index in [-0.39, 0.29) is 0 Å². The Balaban J connectivity index is 2.83. The normalized spacial score (nSPS) is 15.4. The van der Waals surface area contributed by atoms with Crippen LogP contribution in [0.15, 0.2) is 24.3 Å². The van der Waals surface area contributed by atoms with E-state index in [4.69, 9.17) is 0 Å². The van der Waals surface area contributed by atoms with E-state index in [1.807, 2.05) is 0 Å². The van der Waals surface area contributed by atoms with Gasteiger partial charge < -0.3 is 0 Å². The van der Waals surface area contributed by atoms with Crippen LogP contribution in [0.2, 0.25) is 0 Å². The first-order valence-electron chi connectivity index (χ1n) is 7.51. The molecule has 2 unspecified atom stereocenters. The Morgan fingerprint density at radius 2 is 1.50 bits per heavy atom. The van der Waals surface area contributed by atoms with Gasteiger partial charge in [-0.2, -0.15) is 0 Å². The van der Waals surface area contributed by atoms with E-state index < -0.39 is 0 Å². The number of hydrogen-bond donors (Lipinski definition) is 0. The van der Waals surface area contributed by atoms with Crippen molar-refractivity contribution >= 4 is 0 Å². The molecule has 0 radical (unpaired) electrons. The maximum absolute atomic E-state index is 2.37. The van der Waals surface area contributed by atoms with Crippen molar-refractivity contribution in [2.75, 3.05) is 0 Å². The van der Waals surface area contributed by atoms with Gasteiger partial charge in [-0.05, 0) is 41.2 Å². The van der Waals surface area contributed by atoms with Crippen molar-refractivity contribution in [2.45, 2.75) is 72.1 Å². The van der Waals surface area contributed by atoms with Crippen molar-refractivity contribution in [3.8, 4) is 0 Å². The van der Waals surface area contributed by atoms with Crippen LogP contribution < -0.4 is 0 Å². The molecule has 0 bridgehead atoms. The number of hydrogen-bond acceptors (Lipinski definition) is 0. The van der Waals surface area contributed by atoms with Crippen LogP contribution in [0.25, 0.3) is 0 Å². The largest absolute Gasteiger partial charge is 0.0651 e. The van der Waals surface area contributed by atoms with Gasteiger partial charge in [-0.1, -0.05) is 72.2 Å². The zero-order valence-corrected chi connectivity index (χ0v) is 13.1. The Bertz CT molecular complexity index is 345. The van der Waals surface area contributed by atoms with Crippen molar-refractivity contribution in [1.29, 1.82) is 0 Å². The smallest absolute Gasteiger partial charge is 0.0101 e. The van der Waals surface area contributed by atoms with Crippen LogP contribution in [-0.4, -0.2) is 0 Å². The second-order valence-corrected chi connectivity index (χ2v) is 6.53. The summed E-state index contributed by atoms with van der Waals surface area (Å²) in [5.74, 6) is 1.48. The Morgan fingerprint density at radius 1 is 0.944 bits per heavy atom. The standard InChI is InChI=1S/C18H30/c1-7-14(3)13-18(5,6)17-11-9-16(10-12-17)15(4)8-2/h9-12,14-15H,7-8,13H2,1-6H3. The van der Waals surface area contributed by atoms with Gasteiger partial charge in [-0.25, -0.2) is 0 Å². The fourth-order valence-corrected chi connectivity index (χ4v) is 2.63. The van der Waals surface area contributed by atoms with Crippen LogP contribution in [0.3, 0.4) is 0 Å². The molecular weight excluding hydrogens is 216 g/mol. The molecule has 0 aliphatic rings. The lowest BCUT2D eigenvalue weighted by atomic mass is 9.76. The van der Waals surface area contributed by atoms with Gasteiger partial charge in [0.15, 0.2) is 0 Å². The lowest BCUT2D eigenvalue weighted by Gasteiger charge is -2.28. The molecule has 0 aliphatic carbocycles. The first-order chi connectivity index (χ1) is 8.40. The zero-order valence-electron chi connectivity index (χ0n) is 13.1. The van der Waals surface area contributed by atoms with E-state index in [1.165, 1.54) is 30.4 Å². The summed E-state index contributed by atoms with van der Waals surface area (Å²) in [5.41, 5.74) is 3.25. The lowest BCUT2D eigenvalue weighted by Crippen LogP contribution is -2.20. The number of benzene rings is 1. The highest BCUT2D eigenvalue weighted by Gasteiger charge is 2.22. The molecule has 0 aliphatic heterocycles. The topological polar surface area (TPSA) is 0 Å². The molecule has 0 heterocycles. The molecule has 0 heteroatoms. The molecular formula is C18H30. The van der Waals surface area contributed by atoms with E-state index >= 15 is 0 Å². The third-order valence-electron chi connectivity index (χ3n) is 4.43. The van der Waals surface area contributed by atoms with Crippen LogP contribution in [0.1, 0.15) is 77.8 Å². The highest BCUT2D eigenvalue weighted by Crippen LogP contribution is 2.32. The Kier molecular flexibility index (Phi) is 5.44. The minimum Gasteiger partial charge on any atom is -0.0651 e. The van der Waals surface area contributed by atoms with Crippen molar-refractivity contribution in [3.05, 3.63) is 35.4 Å². The molecule has 0 nitrogen and oxygen atoms in total. The van der Waals surface area contributed by atoms with Crippen molar-refractivity contribution in [3.63, 3.8) is 0 Å². The average molecular weight is 246 g/mol. The van der Waals surface area contributed by atoms with Gasteiger partial charge in [0.1, 0.15) is 0 Å². The minimum absolute atomic E-state index is 0.295. The van der Waals surface area contributed by atoms with Crippen LogP contribution in [0.4, 0.5) is 0 Å². The summed E-state index contributed by atoms with van der Waals surface area (Å²) in [7, 11) is 0. The third-order valence-corrected chi connectivity index (χ3v) is 4.43. The summed E-state index contributed by atoms with van der Waals surface area (Å²) < 4.78 is 0. The first-order valence-corrected chi connectivity index (χ1v) is 7.51. The van der Waals surface area contributed by atoms with Crippen molar-refractivity contribution < 1.29 is 0 Å². The molecule has 0 N–H and O–H groups in total. The Labute approximate surface area is 114 Å². The molecule has 0 aromatic heterocycles. The second kappa shape index (κ2) is 6.41. The second-order valence-electron chi connectivity index (χ2n) is 6.53. The van der Waals surface area contributed by atoms with E-state index in [9.17, 15) is 0 Å². The molecule has 0 amide bonds. The molecule has 1 rings (SSSR count). The molecule has 0 saturated heterocycles. The van der Waals surface area contributed by atoms with Crippen LogP contribution in [0, 0.1) is 5.92 Å². The van der Waals surface area contributed by atoms with E-state index in [0.717, 1.165) is 5.92 Å². The average Bonchev–Trinajstić information content (AvgIpc) is 2.37. The van der Waals surface area contributed by atoms with Gasteiger partial charge >= 0.3 is 0 Å². The van der Waals surface area contributed by atoms with Crippen LogP contribution >= 0.6 is 0 Å². The first kappa shape index (κ1) is 15.3. The fraction of sp³-hybridized carbons (Fsp3) is 0.667. The highest BCUT2D eigenvalue weighted by atomic mass is 14.3. The fourth-order valence-electron chi connectivity index (χ4n) is 2.63. The van der Waals surface area contributed by atoms with Crippen LogP contribution in [0.5, 0.6) is 0 Å². The summed E-state index contributed by atoms with van der Waals surface area (Å²) in [6, 6.07) is 9.32. The summed E-state index contributed by atoms with van der Waals surface area (Å²) in [6.45, 7) is 13.9. The highest BCUT2D eigenvalue weighted by molar-refractivity contribution is 5.29. The molecule has 18 heavy (non-hydrogen) atoms. The molecule has 0 spiro atoms. The summed E-state index contributed by atoms with van der Waals surface area (Å²) in [5, 5.41) is 0. The summed E-state index contributed by atoms with van der Waals surface area (Å²) in [4.78, 5) is 0. The van der Waals surface area contributed by atoms with Gasteiger partial charge in [0, 0.05) is 0 Å². The SMILES string of the molecule is CCC(C)CC(C)(C)c1ccc(C(C)CC)cc1. The lowest BCUT2D eigenvalue weighted by molar-refractivity contribution is 0.372. The summed E-state index contributed by atoms with van der Waals surface area (Å²) in [6.07, 6.45) is 3.76. The van der Waals surface area contributed by atoms with Gasteiger partial charge in [0.2, 0.25) is 0 Å². The zero-order chi connectivity index (χ0) is 13.8. The predicted molar refractivity (Wildman–Crippen MR) is 82.2 cm³/mol. The van der Waals surface area contributed by atoms with Crippen molar-refractivity contribution in [2.24, 2.45) is 5.92 Å². The van der Waals surface area contributed by atoms with Crippen LogP contribution in [-0.2, 0) is 5.41 Å². The molecule has 1 aromatic rings. The Hall–Kier alpha value is -0.780. The maximum atomic E-state index is 2.37. The third kappa shape index (κ3) is 3.86. The molecule has 0 saturated carbocycles. The minimum atomic E-state index is 0.295. The molecule has 0 fully saturated rings. The molecule has 2 atom stereocenters. The molecule has 102 valence electrons. The Morgan fingerprint density at radius 3 is 1.94 bits per heavy atom. The van der Waals surface area contributed by atoms with Gasteiger partial charge in [-0.15, -0.1) is 0 Å². The van der Waals surface area contributed by atoms with Gasteiger partial charge in [0.05, 0.1) is 0 Å². The van der Waals surface area contributed by atoms with Gasteiger partial charge in [0.25, 0.3) is 0 Å². The summed E-state index contributed by atoms with van der Waals surface area (Å²) >= 11 is 0. The monoisotopic (exact) mass is 246 g/mol. The quantitative estimate of drug-likeness (QED) is 0.585. The maximum Gasteiger partial charge on any atom is -0.0101 e. The van der Waals surface area contributed by atoms with Crippen molar-refractivity contribution in [1.82, 2.24) is 0 Å². The van der Waals surface area contributed by atoms with E-state index in [1.54, 1.807) is 0 Å². The molecule has 1 aromatic carbocycles.